The third-order valence-corrected chi connectivity index (χ3v) is 2.73. The molecule has 1 N–H and O–H groups in total. The number of hydrogen-bond acceptors (Lipinski definition) is 3. The Morgan fingerprint density at radius 2 is 2.07 bits per heavy atom. The predicted molar refractivity (Wildman–Crippen MR) is 60.2 cm³/mol. The molecule has 14 heavy (non-hydrogen) atoms. The van der Waals surface area contributed by atoms with Crippen molar-refractivity contribution in [1.29, 1.82) is 0 Å². The molecule has 1 fully saturated rings. The normalized spacial score (nSPS) is 16.0. The van der Waals surface area contributed by atoms with Gasteiger partial charge in [0.05, 0.1) is 5.69 Å². The number of nitrogens with zero attached hydrogens (tertiary/aromatic N) is 2. The average molecular weight is 212 g/mol. The van der Waals surface area contributed by atoms with E-state index >= 15 is 0 Å². The monoisotopic (exact) mass is 211 g/mol. The second kappa shape index (κ2) is 4.05. The molecule has 2 rings (SSSR count). The quantitative estimate of drug-likeness (QED) is 0.762. The van der Waals surface area contributed by atoms with Gasteiger partial charge in [-0.05, 0) is 25.0 Å². The van der Waals surface area contributed by atoms with E-state index in [1.54, 1.807) is 0 Å². The van der Waals surface area contributed by atoms with Crippen molar-refractivity contribution >= 4 is 23.1 Å². The zero-order chi connectivity index (χ0) is 9.97. The zero-order valence-corrected chi connectivity index (χ0v) is 9.01. The molecule has 0 radical (unpaired) electrons. The molecule has 0 amide bonds. The summed E-state index contributed by atoms with van der Waals surface area (Å²) in [6.07, 6.45) is 2.54. The van der Waals surface area contributed by atoms with Gasteiger partial charge in [0.15, 0.2) is 5.82 Å². The van der Waals surface area contributed by atoms with Gasteiger partial charge in [0.25, 0.3) is 0 Å². The molecule has 0 saturated carbocycles. The topological polar surface area (TPSA) is 28.2 Å². The van der Waals surface area contributed by atoms with Crippen LogP contribution in [0.5, 0.6) is 0 Å². The maximum Gasteiger partial charge on any atom is 0.151 e. The Morgan fingerprint density at radius 1 is 1.36 bits per heavy atom. The van der Waals surface area contributed by atoms with E-state index in [-0.39, 0.29) is 0 Å². The Morgan fingerprint density at radius 3 is 2.71 bits per heavy atom. The predicted octanol–water partition coefficient (Wildman–Crippen LogP) is 2.38. The lowest BCUT2D eigenvalue weighted by atomic mass is 10.3. The molecule has 0 atom stereocenters. The number of nitrogens with one attached hydrogen (secondary N) is 1. The molecule has 0 aromatic carbocycles. The van der Waals surface area contributed by atoms with Crippen LogP contribution in [0.3, 0.4) is 0 Å². The highest BCUT2D eigenvalue weighted by molar-refractivity contribution is 6.29. The molecule has 3 nitrogen and oxygen atoms in total. The van der Waals surface area contributed by atoms with Gasteiger partial charge >= 0.3 is 0 Å². The summed E-state index contributed by atoms with van der Waals surface area (Å²) < 4.78 is 0. The highest BCUT2D eigenvalue weighted by Crippen LogP contribution is 2.28. The fraction of sp³-hybridized carbons (Fsp3) is 0.500. The minimum atomic E-state index is 0.539. The number of rotatable bonds is 2. The Kier molecular flexibility index (Phi) is 2.77. The first-order valence-corrected chi connectivity index (χ1v) is 5.28. The summed E-state index contributed by atoms with van der Waals surface area (Å²) in [6.45, 7) is 2.25. The van der Waals surface area contributed by atoms with Crippen LogP contribution >= 0.6 is 11.6 Å². The minimum Gasteiger partial charge on any atom is -0.371 e. The average Bonchev–Trinajstić information content (AvgIpc) is 2.70. The van der Waals surface area contributed by atoms with Gasteiger partial charge in [-0.15, -0.1) is 0 Å². The summed E-state index contributed by atoms with van der Waals surface area (Å²) in [5.41, 5.74) is 1.16. The van der Waals surface area contributed by atoms with Crippen molar-refractivity contribution in [2.75, 3.05) is 30.4 Å². The van der Waals surface area contributed by atoms with E-state index in [4.69, 9.17) is 11.6 Å². The fourth-order valence-electron chi connectivity index (χ4n) is 1.83. The maximum atomic E-state index is 5.83. The van der Waals surface area contributed by atoms with Crippen LogP contribution in [-0.4, -0.2) is 25.1 Å². The van der Waals surface area contributed by atoms with Crippen molar-refractivity contribution < 1.29 is 0 Å². The Hall–Kier alpha value is -0.960. The first-order chi connectivity index (χ1) is 6.81. The van der Waals surface area contributed by atoms with E-state index in [1.807, 2.05) is 19.2 Å². The van der Waals surface area contributed by atoms with Crippen LogP contribution in [0.4, 0.5) is 11.5 Å². The number of anilines is 2. The molecule has 1 aliphatic rings. The molecule has 1 aliphatic heterocycles. The van der Waals surface area contributed by atoms with Gasteiger partial charge in [-0.25, -0.2) is 4.98 Å². The second-order valence-corrected chi connectivity index (χ2v) is 3.83. The molecular weight excluding hydrogens is 198 g/mol. The molecule has 0 bridgehead atoms. The van der Waals surface area contributed by atoms with Gasteiger partial charge in [-0.3, -0.25) is 0 Å². The van der Waals surface area contributed by atoms with Gasteiger partial charge in [-0.1, -0.05) is 11.6 Å². The van der Waals surface area contributed by atoms with Crippen LogP contribution in [0, 0.1) is 0 Å². The third-order valence-electron chi connectivity index (χ3n) is 2.52. The maximum absolute atomic E-state index is 5.83. The number of hydrogen-bond donors (Lipinski definition) is 1. The molecule has 1 aromatic rings. The molecule has 4 heteroatoms. The van der Waals surface area contributed by atoms with Crippen LogP contribution in [0.15, 0.2) is 12.1 Å². The van der Waals surface area contributed by atoms with E-state index in [2.05, 4.69) is 15.2 Å². The summed E-state index contributed by atoms with van der Waals surface area (Å²) in [5.74, 6) is 0.874. The number of halogens is 1. The largest absolute Gasteiger partial charge is 0.371 e. The van der Waals surface area contributed by atoms with Gasteiger partial charge < -0.3 is 10.2 Å². The molecule has 0 spiro atoms. The van der Waals surface area contributed by atoms with Crippen molar-refractivity contribution in [2.24, 2.45) is 0 Å². The number of pyridine rings is 1. The van der Waals surface area contributed by atoms with Crippen molar-refractivity contribution in [1.82, 2.24) is 4.98 Å². The van der Waals surface area contributed by atoms with Crippen molar-refractivity contribution in [2.45, 2.75) is 12.8 Å². The summed E-state index contributed by atoms with van der Waals surface area (Å²) in [4.78, 5) is 6.59. The molecular formula is C10H14ClN3. The van der Waals surface area contributed by atoms with E-state index in [0.29, 0.717) is 5.15 Å². The molecule has 0 aliphatic carbocycles. The van der Waals surface area contributed by atoms with Gasteiger partial charge in [0, 0.05) is 20.1 Å². The van der Waals surface area contributed by atoms with Crippen molar-refractivity contribution in [3.63, 3.8) is 0 Å². The molecule has 1 aromatic heterocycles. The standard InChI is InChI=1S/C10H14ClN3/c1-12-10-8(4-5-9(11)13-10)14-6-2-3-7-14/h4-5H,2-3,6-7H2,1H3,(H,12,13). The van der Waals surface area contributed by atoms with Crippen molar-refractivity contribution in [3.05, 3.63) is 17.3 Å². The van der Waals surface area contributed by atoms with E-state index in [9.17, 15) is 0 Å². The van der Waals surface area contributed by atoms with Gasteiger partial charge in [-0.2, -0.15) is 0 Å². The Labute approximate surface area is 89.1 Å². The van der Waals surface area contributed by atoms with Crippen LogP contribution in [-0.2, 0) is 0 Å². The lowest BCUT2D eigenvalue weighted by molar-refractivity contribution is 0.949. The molecule has 0 unspecified atom stereocenters. The van der Waals surface area contributed by atoms with Crippen LogP contribution < -0.4 is 10.2 Å². The lowest BCUT2D eigenvalue weighted by Gasteiger charge is -2.20. The summed E-state index contributed by atoms with van der Waals surface area (Å²) in [6, 6.07) is 3.88. The zero-order valence-electron chi connectivity index (χ0n) is 8.26. The second-order valence-electron chi connectivity index (χ2n) is 3.45. The summed E-state index contributed by atoms with van der Waals surface area (Å²) in [5, 5.41) is 3.62. The smallest absolute Gasteiger partial charge is 0.151 e. The third kappa shape index (κ3) is 1.77. The molecule has 2 heterocycles. The van der Waals surface area contributed by atoms with E-state index < -0.39 is 0 Å². The highest BCUT2D eigenvalue weighted by atomic mass is 35.5. The first-order valence-electron chi connectivity index (χ1n) is 4.90. The Balaban J connectivity index is 2.31. The number of aromatic nitrogens is 1. The molecule has 76 valence electrons. The molecule has 1 saturated heterocycles. The van der Waals surface area contributed by atoms with Crippen molar-refractivity contribution in [3.8, 4) is 0 Å². The van der Waals surface area contributed by atoms with Gasteiger partial charge in [0.1, 0.15) is 5.15 Å². The Bertz CT molecular complexity index is 321. The fourth-order valence-corrected chi connectivity index (χ4v) is 1.97. The SMILES string of the molecule is CNc1nc(Cl)ccc1N1CCCC1. The summed E-state index contributed by atoms with van der Waals surface area (Å²) >= 11 is 5.83. The van der Waals surface area contributed by atoms with Crippen LogP contribution in [0.1, 0.15) is 12.8 Å². The van der Waals surface area contributed by atoms with Gasteiger partial charge in [0.2, 0.25) is 0 Å². The van der Waals surface area contributed by atoms with Crippen LogP contribution in [0.2, 0.25) is 5.15 Å². The first kappa shape index (κ1) is 9.59. The van der Waals surface area contributed by atoms with E-state index in [1.165, 1.54) is 12.8 Å². The highest BCUT2D eigenvalue weighted by Gasteiger charge is 2.15. The van der Waals surface area contributed by atoms with Crippen LogP contribution in [0.25, 0.3) is 0 Å². The lowest BCUT2D eigenvalue weighted by Crippen LogP contribution is -2.19. The minimum absolute atomic E-state index is 0.539. The summed E-state index contributed by atoms with van der Waals surface area (Å²) in [7, 11) is 1.87. The van der Waals surface area contributed by atoms with E-state index in [0.717, 1.165) is 24.6 Å².